The van der Waals surface area contributed by atoms with E-state index in [1.54, 1.807) is 0 Å². The molecule has 29 heavy (non-hydrogen) atoms. The van der Waals surface area contributed by atoms with Gasteiger partial charge in [-0.15, -0.1) is 0 Å². The normalized spacial score (nSPS) is 23.4. The number of amides is 3. The molecule has 2 aliphatic heterocycles. The highest BCUT2D eigenvalue weighted by Crippen LogP contribution is 2.34. The van der Waals surface area contributed by atoms with Gasteiger partial charge in [0, 0.05) is 29.4 Å². The Bertz CT molecular complexity index is 879. The third-order valence-electron chi connectivity index (χ3n) is 6.24. The number of carbonyl (C=O) groups is 2. The van der Waals surface area contributed by atoms with Gasteiger partial charge in [0.15, 0.2) is 0 Å². The molecule has 2 N–H and O–H groups in total. The Labute approximate surface area is 172 Å². The number of nitrogens with one attached hydrogen (secondary N) is 2. The summed E-state index contributed by atoms with van der Waals surface area (Å²) in [5.74, 6) is -0.0104. The number of anilines is 1. The molecule has 2 saturated heterocycles. The van der Waals surface area contributed by atoms with Crippen molar-refractivity contribution in [3.05, 3.63) is 65.2 Å². The summed E-state index contributed by atoms with van der Waals surface area (Å²) in [5, 5.41) is 6.28. The van der Waals surface area contributed by atoms with Gasteiger partial charge in [-0.1, -0.05) is 35.9 Å². The third kappa shape index (κ3) is 4.29. The third-order valence-corrected chi connectivity index (χ3v) is 6.24. The van der Waals surface area contributed by atoms with Crippen molar-refractivity contribution < 1.29 is 9.59 Å². The van der Waals surface area contributed by atoms with Crippen molar-refractivity contribution in [2.75, 3.05) is 5.32 Å². The number of urea groups is 1. The maximum atomic E-state index is 13.0. The number of rotatable bonds is 3. The minimum absolute atomic E-state index is 0.0104. The zero-order chi connectivity index (χ0) is 20.4. The fourth-order valence-corrected chi connectivity index (χ4v) is 4.75. The Morgan fingerprint density at radius 1 is 0.931 bits per heavy atom. The predicted molar refractivity (Wildman–Crippen MR) is 115 cm³/mol. The molecular weight excluding hydrogens is 362 g/mol. The first kappa shape index (κ1) is 19.5. The smallest absolute Gasteiger partial charge is 0.322 e. The molecule has 4 rings (SSSR count). The summed E-state index contributed by atoms with van der Waals surface area (Å²) in [6.45, 7) is 3.99. The van der Waals surface area contributed by atoms with Crippen LogP contribution in [0.4, 0.5) is 10.5 Å². The lowest BCUT2D eigenvalue weighted by Gasteiger charge is -2.48. The summed E-state index contributed by atoms with van der Waals surface area (Å²) < 4.78 is 0. The standard InChI is InChI=1S/C24H29N3O2/c1-16-10-12-18(13-11-16)26-24(29)27-20-7-5-8-21(27)15-19(14-20)25-23(28)22-9-4-3-6-17(22)2/h3-4,6,9-13,19-21H,5,7-8,14-15H2,1-2H3,(H,25,28)(H,26,29). The number of hydrogen-bond acceptors (Lipinski definition) is 2. The van der Waals surface area contributed by atoms with Crippen LogP contribution < -0.4 is 10.6 Å². The summed E-state index contributed by atoms with van der Waals surface area (Å²) in [4.78, 5) is 27.7. The molecule has 2 fully saturated rings. The first-order chi connectivity index (χ1) is 14.0. The van der Waals surface area contributed by atoms with Crippen molar-refractivity contribution in [3.8, 4) is 0 Å². The Kier molecular flexibility index (Phi) is 5.56. The summed E-state index contributed by atoms with van der Waals surface area (Å²) in [6, 6.07) is 16.0. The number of piperidine rings is 2. The lowest BCUT2D eigenvalue weighted by Crippen LogP contribution is -2.59. The van der Waals surface area contributed by atoms with Gasteiger partial charge in [0.25, 0.3) is 5.91 Å². The number of nitrogens with zero attached hydrogens (tertiary/aromatic N) is 1. The Morgan fingerprint density at radius 3 is 2.24 bits per heavy atom. The first-order valence-electron chi connectivity index (χ1n) is 10.5. The van der Waals surface area contributed by atoms with E-state index in [-0.39, 0.29) is 30.1 Å². The molecule has 0 radical (unpaired) electrons. The van der Waals surface area contributed by atoms with Crippen LogP contribution in [-0.4, -0.2) is 35.0 Å². The van der Waals surface area contributed by atoms with Gasteiger partial charge in [0.1, 0.15) is 0 Å². The fraction of sp³-hybridized carbons (Fsp3) is 0.417. The maximum absolute atomic E-state index is 13.0. The lowest BCUT2D eigenvalue weighted by molar-refractivity contribution is 0.0577. The highest BCUT2D eigenvalue weighted by Gasteiger charge is 2.41. The average molecular weight is 392 g/mol. The van der Waals surface area contributed by atoms with Gasteiger partial charge >= 0.3 is 6.03 Å². The Balaban J connectivity index is 1.42. The molecule has 2 aromatic rings. The van der Waals surface area contributed by atoms with Gasteiger partial charge in [-0.3, -0.25) is 4.79 Å². The highest BCUT2D eigenvalue weighted by molar-refractivity contribution is 5.95. The van der Waals surface area contributed by atoms with Crippen molar-refractivity contribution in [1.82, 2.24) is 10.2 Å². The molecule has 2 unspecified atom stereocenters. The predicted octanol–water partition coefficient (Wildman–Crippen LogP) is 4.65. The lowest BCUT2D eigenvalue weighted by atomic mass is 9.82. The average Bonchev–Trinajstić information content (AvgIpc) is 2.69. The number of carbonyl (C=O) groups excluding carboxylic acids is 2. The van der Waals surface area contributed by atoms with E-state index in [1.165, 1.54) is 5.56 Å². The van der Waals surface area contributed by atoms with Gasteiger partial charge < -0.3 is 15.5 Å². The second-order valence-electron chi connectivity index (χ2n) is 8.40. The van der Waals surface area contributed by atoms with E-state index >= 15 is 0 Å². The molecule has 3 amide bonds. The van der Waals surface area contributed by atoms with Crippen molar-refractivity contribution in [2.45, 2.75) is 64.1 Å². The first-order valence-corrected chi connectivity index (χ1v) is 10.5. The van der Waals surface area contributed by atoms with E-state index in [1.807, 2.05) is 67.3 Å². The van der Waals surface area contributed by atoms with Gasteiger partial charge in [-0.2, -0.15) is 0 Å². The zero-order valence-electron chi connectivity index (χ0n) is 17.2. The van der Waals surface area contributed by atoms with Crippen LogP contribution in [0.15, 0.2) is 48.5 Å². The SMILES string of the molecule is Cc1ccc(NC(=O)N2C3CCCC2CC(NC(=O)c2ccccc2C)C3)cc1. The molecule has 2 aliphatic rings. The van der Waals surface area contributed by atoms with Crippen LogP contribution in [0, 0.1) is 13.8 Å². The van der Waals surface area contributed by atoms with E-state index in [2.05, 4.69) is 10.6 Å². The number of hydrogen-bond donors (Lipinski definition) is 2. The van der Waals surface area contributed by atoms with Gasteiger partial charge in [0.05, 0.1) is 0 Å². The Morgan fingerprint density at radius 2 is 1.59 bits per heavy atom. The molecule has 0 aromatic heterocycles. The molecule has 0 saturated carbocycles. The van der Waals surface area contributed by atoms with Crippen molar-refractivity contribution >= 4 is 17.6 Å². The number of benzene rings is 2. The monoisotopic (exact) mass is 391 g/mol. The summed E-state index contributed by atoms with van der Waals surface area (Å²) in [7, 11) is 0. The fourth-order valence-electron chi connectivity index (χ4n) is 4.75. The molecule has 2 aromatic carbocycles. The van der Waals surface area contributed by atoms with Gasteiger partial charge in [0.2, 0.25) is 0 Å². The minimum atomic E-state index is -0.0211. The maximum Gasteiger partial charge on any atom is 0.322 e. The van der Waals surface area contributed by atoms with E-state index in [0.29, 0.717) is 0 Å². The molecule has 0 aliphatic carbocycles. The van der Waals surface area contributed by atoms with Crippen LogP contribution in [0.2, 0.25) is 0 Å². The largest absolute Gasteiger partial charge is 0.349 e. The van der Waals surface area contributed by atoms with Crippen LogP contribution in [0.1, 0.15) is 53.6 Å². The van der Waals surface area contributed by atoms with Crippen LogP contribution in [-0.2, 0) is 0 Å². The van der Waals surface area contributed by atoms with Crippen LogP contribution in [0.3, 0.4) is 0 Å². The minimum Gasteiger partial charge on any atom is -0.349 e. The second kappa shape index (κ2) is 8.27. The Hall–Kier alpha value is -2.82. The molecule has 0 spiro atoms. The van der Waals surface area contributed by atoms with Crippen LogP contribution in [0.5, 0.6) is 0 Å². The molecular formula is C24H29N3O2. The topological polar surface area (TPSA) is 61.4 Å². The molecule has 2 bridgehead atoms. The van der Waals surface area contributed by atoms with Crippen LogP contribution >= 0.6 is 0 Å². The van der Waals surface area contributed by atoms with E-state index in [9.17, 15) is 9.59 Å². The number of fused-ring (bicyclic) bond motifs is 2. The number of aryl methyl sites for hydroxylation is 2. The van der Waals surface area contributed by atoms with Crippen molar-refractivity contribution in [2.24, 2.45) is 0 Å². The second-order valence-corrected chi connectivity index (χ2v) is 8.40. The van der Waals surface area contributed by atoms with Crippen LogP contribution in [0.25, 0.3) is 0 Å². The zero-order valence-corrected chi connectivity index (χ0v) is 17.2. The molecule has 2 atom stereocenters. The van der Waals surface area contributed by atoms with E-state index < -0.39 is 0 Å². The summed E-state index contributed by atoms with van der Waals surface area (Å²) in [5.41, 5.74) is 3.72. The molecule has 5 heteroatoms. The summed E-state index contributed by atoms with van der Waals surface area (Å²) >= 11 is 0. The summed E-state index contributed by atoms with van der Waals surface area (Å²) in [6.07, 6.45) is 4.76. The molecule has 152 valence electrons. The quantitative estimate of drug-likeness (QED) is 0.800. The van der Waals surface area contributed by atoms with Crippen molar-refractivity contribution in [3.63, 3.8) is 0 Å². The van der Waals surface area contributed by atoms with Crippen molar-refractivity contribution in [1.29, 1.82) is 0 Å². The molecule has 2 heterocycles. The van der Waals surface area contributed by atoms with E-state index in [0.717, 1.165) is 48.9 Å². The highest BCUT2D eigenvalue weighted by atomic mass is 16.2. The molecule has 5 nitrogen and oxygen atoms in total. The van der Waals surface area contributed by atoms with E-state index in [4.69, 9.17) is 0 Å². The van der Waals surface area contributed by atoms with Gasteiger partial charge in [-0.25, -0.2) is 4.79 Å². The van der Waals surface area contributed by atoms with Gasteiger partial charge in [-0.05, 0) is 69.7 Å².